The van der Waals surface area contributed by atoms with Gasteiger partial charge in [0, 0.05) is 19.0 Å². The molecule has 2 aromatic rings. The minimum atomic E-state index is -0.233. The van der Waals surface area contributed by atoms with E-state index in [0.717, 1.165) is 55.6 Å². The van der Waals surface area contributed by atoms with Crippen molar-refractivity contribution in [2.75, 3.05) is 6.54 Å². The fourth-order valence-corrected chi connectivity index (χ4v) is 4.55. The fourth-order valence-electron chi connectivity index (χ4n) is 4.55. The van der Waals surface area contributed by atoms with Gasteiger partial charge in [-0.25, -0.2) is 4.39 Å². The Labute approximate surface area is 165 Å². The molecule has 2 heterocycles. The molecule has 1 amide bonds. The maximum Gasteiger partial charge on any atom is 0.223 e. The first-order valence-electron chi connectivity index (χ1n) is 10.3. The monoisotopic (exact) mass is 384 g/mol. The molecule has 2 aliphatic rings. The maximum absolute atomic E-state index is 13.2. The Bertz CT molecular complexity index is 837. The molecular formula is C22H29FN4O. The second kappa shape index (κ2) is 8.03. The standard InChI is InChI=1S/C22H29FN4O/c1-15-20-10-11-26(22(28)12-16-4-8-19(24)9-5-16)14-21(20)27(25-15)13-17-2-6-18(23)7-3-17/h2-3,6-7,16,19H,4-5,8-14,24H2,1H3/t16-,19+. The molecule has 2 N–H and O–H groups in total. The van der Waals surface area contributed by atoms with Crippen molar-refractivity contribution in [1.29, 1.82) is 0 Å². The van der Waals surface area contributed by atoms with Gasteiger partial charge in [0.25, 0.3) is 0 Å². The second-order valence-electron chi connectivity index (χ2n) is 8.34. The molecule has 1 fully saturated rings. The van der Waals surface area contributed by atoms with Crippen LogP contribution in [0.25, 0.3) is 0 Å². The predicted octanol–water partition coefficient (Wildman–Crippen LogP) is 3.17. The van der Waals surface area contributed by atoms with Crippen molar-refractivity contribution < 1.29 is 9.18 Å². The van der Waals surface area contributed by atoms with Crippen molar-refractivity contribution in [3.05, 3.63) is 52.6 Å². The van der Waals surface area contributed by atoms with E-state index in [2.05, 4.69) is 0 Å². The smallest absolute Gasteiger partial charge is 0.223 e. The predicted molar refractivity (Wildman–Crippen MR) is 106 cm³/mol. The highest BCUT2D eigenvalue weighted by Crippen LogP contribution is 2.28. The van der Waals surface area contributed by atoms with Gasteiger partial charge in [0.05, 0.1) is 24.5 Å². The molecule has 0 unspecified atom stereocenters. The lowest BCUT2D eigenvalue weighted by molar-refractivity contribution is -0.133. The zero-order valence-corrected chi connectivity index (χ0v) is 16.5. The number of aromatic nitrogens is 2. The number of carbonyl (C=O) groups is 1. The number of fused-ring (bicyclic) bond motifs is 1. The second-order valence-corrected chi connectivity index (χ2v) is 8.34. The summed E-state index contributed by atoms with van der Waals surface area (Å²) in [6.07, 6.45) is 5.68. The molecule has 28 heavy (non-hydrogen) atoms. The molecule has 4 rings (SSSR count). The lowest BCUT2D eigenvalue weighted by Gasteiger charge is -2.31. The summed E-state index contributed by atoms with van der Waals surface area (Å²) in [7, 11) is 0. The van der Waals surface area contributed by atoms with Crippen molar-refractivity contribution in [3.63, 3.8) is 0 Å². The first kappa shape index (κ1) is 19.1. The topological polar surface area (TPSA) is 64.2 Å². The minimum Gasteiger partial charge on any atom is -0.336 e. The van der Waals surface area contributed by atoms with Gasteiger partial charge in [0.2, 0.25) is 5.91 Å². The lowest BCUT2D eigenvalue weighted by atomic mass is 9.84. The molecule has 1 saturated carbocycles. The summed E-state index contributed by atoms with van der Waals surface area (Å²) in [6.45, 7) is 4.01. The van der Waals surface area contributed by atoms with E-state index < -0.39 is 0 Å². The van der Waals surface area contributed by atoms with Crippen LogP contribution in [0.3, 0.4) is 0 Å². The zero-order valence-electron chi connectivity index (χ0n) is 16.5. The van der Waals surface area contributed by atoms with Crippen LogP contribution in [0.2, 0.25) is 0 Å². The van der Waals surface area contributed by atoms with Crippen molar-refractivity contribution in [3.8, 4) is 0 Å². The Balaban J connectivity index is 1.45. The van der Waals surface area contributed by atoms with E-state index in [1.54, 1.807) is 12.1 Å². The van der Waals surface area contributed by atoms with E-state index in [1.165, 1.54) is 17.7 Å². The summed E-state index contributed by atoms with van der Waals surface area (Å²) < 4.78 is 15.2. The van der Waals surface area contributed by atoms with Crippen LogP contribution in [0.1, 0.15) is 54.6 Å². The highest BCUT2D eigenvalue weighted by atomic mass is 19.1. The largest absolute Gasteiger partial charge is 0.336 e. The molecule has 0 spiro atoms. The Morgan fingerprint density at radius 2 is 1.93 bits per heavy atom. The number of hydrogen-bond acceptors (Lipinski definition) is 3. The molecule has 5 nitrogen and oxygen atoms in total. The van der Waals surface area contributed by atoms with Crippen LogP contribution >= 0.6 is 0 Å². The third kappa shape index (κ3) is 4.12. The molecule has 0 saturated heterocycles. The first-order valence-corrected chi connectivity index (χ1v) is 10.3. The van der Waals surface area contributed by atoms with E-state index in [0.29, 0.717) is 31.5 Å². The highest BCUT2D eigenvalue weighted by Gasteiger charge is 2.28. The minimum absolute atomic E-state index is 0.233. The molecule has 1 aliphatic carbocycles. The summed E-state index contributed by atoms with van der Waals surface area (Å²) in [5.41, 5.74) is 10.4. The number of carbonyl (C=O) groups excluding carboxylic acids is 1. The number of nitrogens with zero attached hydrogens (tertiary/aromatic N) is 3. The SMILES string of the molecule is Cc1nn(Cc2ccc(F)cc2)c2c1CCN(C(=O)C[C@H]1CC[C@@H](N)CC1)C2. The summed E-state index contributed by atoms with van der Waals surface area (Å²) in [5.74, 6) is 0.487. The van der Waals surface area contributed by atoms with E-state index in [9.17, 15) is 9.18 Å². The van der Waals surface area contributed by atoms with Gasteiger partial charge in [0.1, 0.15) is 5.82 Å². The highest BCUT2D eigenvalue weighted by molar-refractivity contribution is 5.76. The Kier molecular flexibility index (Phi) is 5.49. The maximum atomic E-state index is 13.2. The Hall–Kier alpha value is -2.21. The van der Waals surface area contributed by atoms with Gasteiger partial charge in [-0.15, -0.1) is 0 Å². The number of nitrogens with two attached hydrogens (primary N) is 1. The van der Waals surface area contributed by atoms with Crippen molar-refractivity contribution in [1.82, 2.24) is 14.7 Å². The van der Waals surface area contributed by atoms with Crippen LogP contribution in [0, 0.1) is 18.7 Å². The third-order valence-electron chi connectivity index (χ3n) is 6.29. The van der Waals surface area contributed by atoms with E-state index in [4.69, 9.17) is 10.8 Å². The third-order valence-corrected chi connectivity index (χ3v) is 6.29. The zero-order chi connectivity index (χ0) is 19.7. The molecule has 0 atom stereocenters. The average molecular weight is 384 g/mol. The van der Waals surface area contributed by atoms with Gasteiger partial charge in [-0.2, -0.15) is 5.10 Å². The van der Waals surface area contributed by atoms with Crippen molar-refractivity contribution >= 4 is 5.91 Å². The van der Waals surface area contributed by atoms with Crippen LogP contribution in [-0.2, 0) is 24.3 Å². The number of amides is 1. The molecule has 6 heteroatoms. The summed E-state index contributed by atoms with van der Waals surface area (Å²) in [5, 5.41) is 4.70. The van der Waals surface area contributed by atoms with Crippen molar-refractivity contribution in [2.24, 2.45) is 11.7 Å². The van der Waals surface area contributed by atoms with Crippen LogP contribution in [0.15, 0.2) is 24.3 Å². The Morgan fingerprint density at radius 3 is 2.64 bits per heavy atom. The molecular weight excluding hydrogens is 355 g/mol. The molecule has 1 aromatic carbocycles. The van der Waals surface area contributed by atoms with Crippen LogP contribution in [-0.4, -0.2) is 33.2 Å². The number of benzene rings is 1. The molecule has 1 aromatic heterocycles. The number of aryl methyl sites for hydroxylation is 1. The van der Waals surface area contributed by atoms with E-state index in [1.807, 2.05) is 16.5 Å². The summed E-state index contributed by atoms with van der Waals surface area (Å²) in [6, 6.07) is 6.85. The Morgan fingerprint density at radius 1 is 1.21 bits per heavy atom. The van der Waals surface area contributed by atoms with Crippen molar-refractivity contribution in [2.45, 2.75) is 64.6 Å². The van der Waals surface area contributed by atoms with Gasteiger partial charge in [-0.05, 0) is 68.2 Å². The van der Waals surface area contributed by atoms with Crippen LogP contribution < -0.4 is 5.73 Å². The fraction of sp³-hybridized carbons (Fsp3) is 0.545. The molecule has 1 aliphatic heterocycles. The van der Waals surface area contributed by atoms with E-state index in [-0.39, 0.29) is 11.7 Å². The average Bonchev–Trinajstić information content (AvgIpc) is 3.00. The van der Waals surface area contributed by atoms with Crippen LogP contribution in [0.4, 0.5) is 4.39 Å². The van der Waals surface area contributed by atoms with Gasteiger partial charge >= 0.3 is 0 Å². The van der Waals surface area contributed by atoms with E-state index >= 15 is 0 Å². The molecule has 0 bridgehead atoms. The van der Waals surface area contributed by atoms with Crippen LogP contribution in [0.5, 0.6) is 0 Å². The number of hydrogen-bond donors (Lipinski definition) is 1. The first-order chi connectivity index (χ1) is 13.5. The van der Waals surface area contributed by atoms with Gasteiger partial charge in [0.15, 0.2) is 0 Å². The summed E-state index contributed by atoms with van der Waals surface area (Å²) >= 11 is 0. The van der Waals surface area contributed by atoms with Gasteiger partial charge in [-0.3, -0.25) is 9.48 Å². The van der Waals surface area contributed by atoms with Gasteiger partial charge in [-0.1, -0.05) is 12.1 Å². The lowest BCUT2D eigenvalue weighted by Crippen LogP contribution is -2.38. The quantitative estimate of drug-likeness (QED) is 0.881. The molecule has 0 radical (unpaired) electrons. The molecule has 150 valence electrons. The normalized spacial score (nSPS) is 22.2. The number of halogens is 1. The van der Waals surface area contributed by atoms with Gasteiger partial charge < -0.3 is 10.6 Å². The summed E-state index contributed by atoms with van der Waals surface area (Å²) in [4.78, 5) is 14.9. The number of rotatable bonds is 4.